The third kappa shape index (κ3) is 1.91. The molecular formula is C17H14S. The maximum Gasteiger partial charge on any atom is 0.0121 e. The fraction of sp³-hybridized carbons (Fsp3) is 0.0588. The van der Waals surface area contributed by atoms with Crippen molar-refractivity contribution < 1.29 is 0 Å². The second-order valence-electron chi connectivity index (χ2n) is 4.55. The first-order chi connectivity index (χ1) is 8.75. The van der Waals surface area contributed by atoms with E-state index >= 15 is 0 Å². The van der Waals surface area contributed by atoms with Crippen molar-refractivity contribution in [2.45, 2.75) is 11.8 Å². The fourth-order valence-electron chi connectivity index (χ4n) is 2.33. The molecule has 0 radical (unpaired) electrons. The second-order valence-corrected chi connectivity index (χ2v) is 5.03. The summed E-state index contributed by atoms with van der Waals surface area (Å²) in [5.74, 6) is 0. The molecule has 0 fully saturated rings. The molecule has 1 heteroatoms. The Morgan fingerprint density at radius 3 is 2.39 bits per heavy atom. The lowest BCUT2D eigenvalue weighted by atomic mass is 9.97. The van der Waals surface area contributed by atoms with E-state index in [1.807, 2.05) is 0 Å². The molecule has 0 saturated heterocycles. The summed E-state index contributed by atoms with van der Waals surface area (Å²) in [5, 5.41) is 2.54. The van der Waals surface area contributed by atoms with Crippen molar-refractivity contribution in [3.05, 3.63) is 66.2 Å². The molecular weight excluding hydrogens is 236 g/mol. The molecule has 0 bridgehead atoms. The van der Waals surface area contributed by atoms with E-state index in [4.69, 9.17) is 0 Å². The summed E-state index contributed by atoms with van der Waals surface area (Å²) < 4.78 is 0. The van der Waals surface area contributed by atoms with E-state index in [0.717, 1.165) is 4.90 Å². The van der Waals surface area contributed by atoms with Crippen LogP contribution in [0.2, 0.25) is 0 Å². The Hall–Kier alpha value is -1.73. The molecule has 0 aliphatic carbocycles. The van der Waals surface area contributed by atoms with Crippen LogP contribution in [-0.4, -0.2) is 0 Å². The number of benzene rings is 3. The van der Waals surface area contributed by atoms with Gasteiger partial charge in [-0.3, -0.25) is 0 Å². The van der Waals surface area contributed by atoms with Gasteiger partial charge < -0.3 is 0 Å². The minimum absolute atomic E-state index is 1.03. The van der Waals surface area contributed by atoms with Crippen molar-refractivity contribution in [1.82, 2.24) is 0 Å². The van der Waals surface area contributed by atoms with Gasteiger partial charge in [-0.15, -0.1) is 12.6 Å². The highest BCUT2D eigenvalue weighted by molar-refractivity contribution is 7.80. The topological polar surface area (TPSA) is 0 Å². The molecule has 0 N–H and O–H groups in total. The lowest BCUT2D eigenvalue weighted by Crippen LogP contribution is -1.84. The molecule has 18 heavy (non-hydrogen) atoms. The fourth-order valence-corrected chi connectivity index (χ4v) is 2.73. The van der Waals surface area contributed by atoms with Crippen LogP contribution in [0, 0.1) is 6.92 Å². The molecule has 0 nitrogen and oxygen atoms in total. The van der Waals surface area contributed by atoms with Crippen molar-refractivity contribution in [2.24, 2.45) is 0 Å². The molecule has 88 valence electrons. The summed E-state index contributed by atoms with van der Waals surface area (Å²) >= 11 is 4.60. The SMILES string of the molecule is Cc1ccc(-c2cccc3ccccc23)c(S)c1. The van der Waals surface area contributed by atoms with Gasteiger partial charge in [-0.1, -0.05) is 54.6 Å². The number of aryl methyl sites for hydroxylation is 1. The monoisotopic (exact) mass is 250 g/mol. The highest BCUT2D eigenvalue weighted by Crippen LogP contribution is 2.32. The third-order valence-electron chi connectivity index (χ3n) is 3.23. The van der Waals surface area contributed by atoms with E-state index < -0.39 is 0 Å². The lowest BCUT2D eigenvalue weighted by Gasteiger charge is -2.10. The molecule has 0 aromatic heterocycles. The van der Waals surface area contributed by atoms with Crippen LogP contribution >= 0.6 is 12.6 Å². The molecule has 0 aliphatic heterocycles. The van der Waals surface area contributed by atoms with Gasteiger partial charge in [0, 0.05) is 4.90 Å². The van der Waals surface area contributed by atoms with E-state index in [2.05, 4.69) is 80.2 Å². The molecule has 3 aromatic rings. The molecule has 3 aromatic carbocycles. The van der Waals surface area contributed by atoms with E-state index in [1.165, 1.54) is 27.5 Å². The maximum absolute atomic E-state index is 4.60. The van der Waals surface area contributed by atoms with E-state index in [9.17, 15) is 0 Å². The zero-order valence-corrected chi connectivity index (χ0v) is 11.1. The maximum atomic E-state index is 4.60. The van der Waals surface area contributed by atoms with Crippen molar-refractivity contribution >= 4 is 23.4 Å². The Morgan fingerprint density at radius 1 is 0.778 bits per heavy atom. The van der Waals surface area contributed by atoms with Gasteiger partial charge in [-0.05, 0) is 40.5 Å². The predicted octanol–water partition coefficient (Wildman–Crippen LogP) is 5.10. The smallest absolute Gasteiger partial charge is 0.0121 e. The van der Waals surface area contributed by atoms with Crippen LogP contribution in [-0.2, 0) is 0 Å². The first-order valence-electron chi connectivity index (χ1n) is 6.03. The summed E-state index contributed by atoms with van der Waals surface area (Å²) in [6.45, 7) is 2.09. The Kier molecular flexibility index (Phi) is 2.85. The minimum atomic E-state index is 1.03. The molecule has 0 unspecified atom stereocenters. The van der Waals surface area contributed by atoms with E-state index in [1.54, 1.807) is 0 Å². The quantitative estimate of drug-likeness (QED) is 0.570. The summed E-state index contributed by atoms with van der Waals surface area (Å²) in [6, 6.07) is 21.3. The Balaban J connectivity index is 2.31. The largest absolute Gasteiger partial charge is 0.143 e. The number of rotatable bonds is 1. The van der Waals surface area contributed by atoms with Crippen LogP contribution in [0.4, 0.5) is 0 Å². The highest BCUT2D eigenvalue weighted by Gasteiger charge is 2.06. The van der Waals surface area contributed by atoms with Gasteiger partial charge in [-0.25, -0.2) is 0 Å². The van der Waals surface area contributed by atoms with Crippen molar-refractivity contribution in [3.63, 3.8) is 0 Å². The van der Waals surface area contributed by atoms with Gasteiger partial charge in [0.05, 0.1) is 0 Å². The minimum Gasteiger partial charge on any atom is -0.143 e. The van der Waals surface area contributed by atoms with E-state index in [-0.39, 0.29) is 0 Å². The number of hydrogen-bond donors (Lipinski definition) is 1. The van der Waals surface area contributed by atoms with Crippen molar-refractivity contribution in [1.29, 1.82) is 0 Å². The van der Waals surface area contributed by atoms with Gasteiger partial charge in [0.25, 0.3) is 0 Å². The first kappa shape index (κ1) is 11.4. The summed E-state index contributed by atoms with van der Waals surface area (Å²) in [5.41, 5.74) is 3.68. The van der Waals surface area contributed by atoms with Crippen LogP contribution in [0.15, 0.2) is 65.6 Å². The van der Waals surface area contributed by atoms with Crippen LogP contribution in [0.3, 0.4) is 0 Å². The van der Waals surface area contributed by atoms with Gasteiger partial charge in [0.1, 0.15) is 0 Å². The van der Waals surface area contributed by atoms with Gasteiger partial charge in [0.15, 0.2) is 0 Å². The molecule has 0 saturated carbocycles. The average Bonchev–Trinajstić information content (AvgIpc) is 2.38. The van der Waals surface area contributed by atoms with Crippen LogP contribution in [0.5, 0.6) is 0 Å². The Labute approximate surface area is 113 Å². The standard InChI is InChI=1S/C17H14S/c1-12-9-10-16(17(18)11-12)15-8-4-6-13-5-2-3-7-14(13)15/h2-11,18H,1H3. The number of hydrogen-bond acceptors (Lipinski definition) is 1. The van der Waals surface area contributed by atoms with Crippen molar-refractivity contribution in [2.75, 3.05) is 0 Å². The second kappa shape index (κ2) is 4.51. The van der Waals surface area contributed by atoms with Gasteiger partial charge in [0.2, 0.25) is 0 Å². The molecule has 0 aliphatic rings. The summed E-state index contributed by atoms with van der Waals surface area (Å²) in [4.78, 5) is 1.03. The normalized spacial score (nSPS) is 10.8. The molecule has 0 spiro atoms. The zero-order valence-electron chi connectivity index (χ0n) is 10.2. The summed E-state index contributed by atoms with van der Waals surface area (Å²) in [6.07, 6.45) is 0. The molecule has 0 heterocycles. The van der Waals surface area contributed by atoms with Crippen LogP contribution < -0.4 is 0 Å². The Bertz CT molecular complexity index is 708. The third-order valence-corrected chi connectivity index (χ3v) is 3.60. The molecule has 0 amide bonds. The van der Waals surface area contributed by atoms with Crippen LogP contribution in [0.1, 0.15) is 5.56 Å². The number of thiol groups is 1. The molecule has 0 atom stereocenters. The highest BCUT2D eigenvalue weighted by atomic mass is 32.1. The lowest BCUT2D eigenvalue weighted by molar-refractivity contribution is 1.37. The van der Waals surface area contributed by atoms with Gasteiger partial charge >= 0.3 is 0 Å². The van der Waals surface area contributed by atoms with E-state index in [0.29, 0.717) is 0 Å². The average molecular weight is 250 g/mol. The predicted molar refractivity (Wildman–Crippen MR) is 81.4 cm³/mol. The van der Waals surface area contributed by atoms with Crippen molar-refractivity contribution in [3.8, 4) is 11.1 Å². The van der Waals surface area contributed by atoms with Crippen LogP contribution in [0.25, 0.3) is 21.9 Å². The number of fused-ring (bicyclic) bond motifs is 1. The first-order valence-corrected chi connectivity index (χ1v) is 6.48. The molecule has 3 rings (SSSR count). The van der Waals surface area contributed by atoms with Gasteiger partial charge in [-0.2, -0.15) is 0 Å². The Morgan fingerprint density at radius 2 is 1.56 bits per heavy atom. The zero-order chi connectivity index (χ0) is 12.5. The summed E-state index contributed by atoms with van der Waals surface area (Å²) in [7, 11) is 0.